The van der Waals surface area contributed by atoms with Crippen LogP contribution in [0.25, 0.3) is 0 Å². The molecule has 136 valence electrons. The summed E-state index contributed by atoms with van der Waals surface area (Å²) >= 11 is 0. The number of nitrogens with zero attached hydrogens (tertiary/aromatic N) is 1. The van der Waals surface area contributed by atoms with E-state index in [1.807, 2.05) is 24.3 Å². The standard InChI is InChI=1S/C22H26N2O2/c1-16-4-2-5-18(10-16)13-24-14-21(15-24)26-20-7-3-6-19(11-20)22(25)23-12-17-8-9-17/h2-7,10-11,17,21H,8-9,12-15H2,1H3,(H,23,25). The van der Waals surface area contributed by atoms with Gasteiger partial charge in [0.2, 0.25) is 0 Å². The molecule has 0 spiro atoms. The summed E-state index contributed by atoms with van der Waals surface area (Å²) in [6.07, 6.45) is 2.68. The van der Waals surface area contributed by atoms with Gasteiger partial charge in [-0.05, 0) is 49.4 Å². The van der Waals surface area contributed by atoms with Crippen LogP contribution in [0.1, 0.15) is 34.3 Å². The van der Waals surface area contributed by atoms with E-state index in [1.54, 1.807) is 0 Å². The molecule has 2 aliphatic rings. The number of ether oxygens (including phenoxy) is 1. The average molecular weight is 350 g/mol. The molecule has 0 atom stereocenters. The normalized spacial score (nSPS) is 17.6. The van der Waals surface area contributed by atoms with E-state index in [-0.39, 0.29) is 12.0 Å². The second-order valence-corrected chi connectivity index (χ2v) is 7.60. The maximum Gasteiger partial charge on any atom is 0.251 e. The summed E-state index contributed by atoms with van der Waals surface area (Å²) in [5.74, 6) is 1.47. The van der Waals surface area contributed by atoms with Crippen LogP contribution in [0.4, 0.5) is 0 Å². The zero-order valence-electron chi connectivity index (χ0n) is 15.3. The second-order valence-electron chi connectivity index (χ2n) is 7.60. The van der Waals surface area contributed by atoms with Gasteiger partial charge >= 0.3 is 0 Å². The molecule has 1 heterocycles. The maximum atomic E-state index is 12.2. The Bertz CT molecular complexity index is 779. The van der Waals surface area contributed by atoms with Gasteiger partial charge in [-0.1, -0.05) is 35.9 Å². The fourth-order valence-electron chi connectivity index (χ4n) is 3.36. The first-order valence-corrected chi connectivity index (χ1v) is 9.48. The maximum absolute atomic E-state index is 12.2. The first-order chi connectivity index (χ1) is 12.7. The van der Waals surface area contributed by atoms with Crippen molar-refractivity contribution in [2.75, 3.05) is 19.6 Å². The van der Waals surface area contributed by atoms with Gasteiger partial charge in [0, 0.05) is 31.7 Å². The van der Waals surface area contributed by atoms with E-state index in [9.17, 15) is 4.79 Å². The van der Waals surface area contributed by atoms with Crippen molar-refractivity contribution in [2.45, 2.75) is 32.4 Å². The largest absolute Gasteiger partial charge is 0.488 e. The Morgan fingerprint density at radius 3 is 2.73 bits per heavy atom. The van der Waals surface area contributed by atoms with Gasteiger partial charge in [0.15, 0.2) is 0 Å². The number of rotatable bonds is 7. The Hall–Kier alpha value is -2.33. The highest BCUT2D eigenvalue weighted by molar-refractivity contribution is 5.94. The van der Waals surface area contributed by atoms with Crippen molar-refractivity contribution in [3.8, 4) is 5.75 Å². The van der Waals surface area contributed by atoms with Gasteiger partial charge in [-0.3, -0.25) is 9.69 Å². The van der Waals surface area contributed by atoms with Crippen LogP contribution in [0.5, 0.6) is 5.75 Å². The fraction of sp³-hybridized carbons (Fsp3) is 0.409. The lowest BCUT2D eigenvalue weighted by Gasteiger charge is -2.39. The van der Waals surface area contributed by atoms with Gasteiger partial charge in [0.05, 0.1) is 0 Å². The average Bonchev–Trinajstić information content (AvgIpc) is 3.42. The molecule has 2 fully saturated rings. The van der Waals surface area contributed by atoms with Crippen LogP contribution in [0.3, 0.4) is 0 Å². The van der Waals surface area contributed by atoms with E-state index in [0.717, 1.165) is 31.9 Å². The molecule has 1 aliphatic heterocycles. The van der Waals surface area contributed by atoms with Crippen LogP contribution in [0, 0.1) is 12.8 Å². The topological polar surface area (TPSA) is 41.6 Å². The molecule has 1 N–H and O–H groups in total. The molecule has 4 heteroatoms. The summed E-state index contributed by atoms with van der Waals surface area (Å²) in [4.78, 5) is 14.6. The number of hydrogen-bond donors (Lipinski definition) is 1. The van der Waals surface area contributed by atoms with Crippen LogP contribution >= 0.6 is 0 Å². The first-order valence-electron chi connectivity index (χ1n) is 9.48. The molecule has 1 amide bonds. The van der Waals surface area contributed by atoms with Crippen molar-refractivity contribution < 1.29 is 9.53 Å². The van der Waals surface area contributed by atoms with E-state index in [1.165, 1.54) is 24.0 Å². The van der Waals surface area contributed by atoms with Crippen LogP contribution in [-0.4, -0.2) is 36.5 Å². The molecule has 4 nitrogen and oxygen atoms in total. The zero-order valence-corrected chi connectivity index (χ0v) is 15.3. The highest BCUT2D eigenvalue weighted by Gasteiger charge is 2.28. The van der Waals surface area contributed by atoms with Gasteiger partial charge in [-0.25, -0.2) is 0 Å². The van der Waals surface area contributed by atoms with E-state index in [0.29, 0.717) is 11.5 Å². The number of hydrogen-bond acceptors (Lipinski definition) is 3. The number of aryl methyl sites for hydroxylation is 1. The predicted molar refractivity (Wildman–Crippen MR) is 102 cm³/mol. The third-order valence-corrected chi connectivity index (χ3v) is 5.06. The number of benzene rings is 2. The van der Waals surface area contributed by atoms with E-state index in [4.69, 9.17) is 4.74 Å². The van der Waals surface area contributed by atoms with Crippen molar-refractivity contribution >= 4 is 5.91 Å². The molecule has 4 rings (SSSR count). The molecule has 2 aromatic rings. The van der Waals surface area contributed by atoms with Gasteiger partial charge in [-0.2, -0.15) is 0 Å². The van der Waals surface area contributed by atoms with Crippen LogP contribution < -0.4 is 10.1 Å². The summed E-state index contributed by atoms with van der Waals surface area (Å²) in [6.45, 7) is 5.73. The van der Waals surface area contributed by atoms with Gasteiger partial charge in [0.25, 0.3) is 5.91 Å². The van der Waals surface area contributed by atoms with Gasteiger partial charge in [0.1, 0.15) is 11.9 Å². The molecule has 0 radical (unpaired) electrons. The minimum atomic E-state index is -0.00275. The lowest BCUT2D eigenvalue weighted by atomic mass is 10.1. The Morgan fingerprint density at radius 2 is 1.96 bits per heavy atom. The fourth-order valence-corrected chi connectivity index (χ4v) is 3.36. The minimum absolute atomic E-state index is 0.00275. The van der Waals surface area contributed by atoms with E-state index >= 15 is 0 Å². The van der Waals surface area contributed by atoms with E-state index in [2.05, 4.69) is 41.4 Å². The number of amides is 1. The molecule has 1 aliphatic carbocycles. The van der Waals surface area contributed by atoms with Crippen molar-refractivity contribution in [3.63, 3.8) is 0 Å². The Balaban J connectivity index is 1.26. The van der Waals surface area contributed by atoms with E-state index < -0.39 is 0 Å². The summed E-state index contributed by atoms with van der Waals surface area (Å²) in [5.41, 5.74) is 3.32. The molecule has 1 saturated heterocycles. The van der Waals surface area contributed by atoms with Crippen molar-refractivity contribution in [1.29, 1.82) is 0 Å². The molecule has 26 heavy (non-hydrogen) atoms. The zero-order chi connectivity index (χ0) is 17.9. The number of likely N-dealkylation sites (tertiary alicyclic amines) is 1. The van der Waals surface area contributed by atoms with Crippen molar-refractivity contribution in [3.05, 3.63) is 65.2 Å². The molecule has 0 bridgehead atoms. The third-order valence-electron chi connectivity index (χ3n) is 5.06. The molecular formula is C22H26N2O2. The molecule has 1 saturated carbocycles. The molecule has 0 aromatic heterocycles. The molecule has 0 unspecified atom stereocenters. The monoisotopic (exact) mass is 350 g/mol. The number of nitrogens with one attached hydrogen (secondary N) is 1. The van der Waals surface area contributed by atoms with Gasteiger partial charge in [-0.15, -0.1) is 0 Å². The second kappa shape index (κ2) is 7.50. The Kier molecular flexibility index (Phi) is 4.93. The first kappa shape index (κ1) is 17.1. The van der Waals surface area contributed by atoms with Crippen molar-refractivity contribution in [1.82, 2.24) is 10.2 Å². The highest BCUT2D eigenvalue weighted by Crippen LogP contribution is 2.27. The van der Waals surface area contributed by atoms with Crippen LogP contribution in [-0.2, 0) is 6.54 Å². The Labute approximate surface area is 155 Å². The number of carbonyl (C=O) groups is 1. The van der Waals surface area contributed by atoms with Crippen LogP contribution in [0.2, 0.25) is 0 Å². The minimum Gasteiger partial charge on any atom is -0.488 e. The summed E-state index contributed by atoms with van der Waals surface area (Å²) < 4.78 is 6.05. The van der Waals surface area contributed by atoms with Crippen LogP contribution in [0.15, 0.2) is 48.5 Å². The summed E-state index contributed by atoms with van der Waals surface area (Å²) in [7, 11) is 0. The summed E-state index contributed by atoms with van der Waals surface area (Å²) in [6, 6.07) is 16.2. The predicted octanol–water partition coefficient (Wildman–Crippen LogP) is 3.40. The molecular weight excluding hydrogens is 324 g/mol. The Morgan fingerprint density at radius 1 is 1.15 bits per heavy atom. The summed E-state index contributed by atoms with van der Waals surface area (Å²) in [5, 5.41) is 3.01. The smallest absolute Gasteiger partial charge is 0.251 e. The lowest BCUT2D eigenvalue weighted by Crippen LogP contribution is -2.53. The van der Waals surface area contributed by atoms with Gasteiger partial charge < -0.3 is 10.1 Å². The lowest BCUT2D eigenvalue weighted by molar-refractivity contribution is 0.0145. The third kappa shape index (κ3) is 4.44. The number of carbonyl (C=O) groups excluding carboxylic acids is 1. The quantitative estimate of drug-likeness (QED) is 0.832. The molecule has 2 aromatic carbocycles. The SMILES string of the molecule is Cc1cccc(CN2CC(Oc3cccc(C(=O)NCC4CC4)c3)C2)c1. The van der Waals surface area contributed by atoms with Crippen molar-refractivity contribution in [2.24, 2.45) is 5.92 Å². The highest BCUT2D eigenvalue weighted by atomic mass is 16.5.